The van der Waals surface area contributed by atoms with E-state index < -0.39 is 20.6 Å². The first kappa shape index (κ1) is 18.0. The number of thiophene rings is 1. The number of nitro groups is 1. The number of nitro benzene ring substituents is 1. The molecule has 25 heavy (non-hydrogen) atoms. The molecule has 1 saturated carbocycles. The number of rotatable bonds is 6. The highest BCUT2D eigenvalue weighted by atomic mass is 32.2. The lowest BCUT2D eigenvalue weighted by Crippen LogP contribution is -2.41. The summed E-state index contributed by atoms with van der Waals surface area (Å²) in [6.45, 7) is 0.266. The third-order valence-corrected chi connectivity index (χ3v) is 7.37. The SMILES string of the molecule is O=[N+]([O-])c1ccccc1S(=O)(=O)NCC1(c2cccs2)CCCCC1. The van der Waals surface area contributed by atoms with Gasteiger partial charge < -0.3 is 0 Å². The summed E-state index contributed by atoms with van der Waals surface area (Å²) in [4.78, 5) is 11.4. The van der Waals surface area contributed by atoms with Crippen molar-refractivity contribution in [2.75, 3.05) is 6.54 Å². The van der Waals surface area contributed by atoms with E-state index in [9.17, 15) is 18.5 Å². The molecule has 1 fully saturated rings. The van der Waals surface area contributed by atoms with Crippen molar-refractivity contribution in [2.24, 2.45) is 0 Å². The van der Waals surface area contributed by atoms with Crippen LogP contribution in [-0.2, 0) is 15.4 Å². The van der Waals surface area contributed by atoms with Crippen LogP contribution in [0.15, 0.2) is 46.7 Å². The smallest absolute Gasteiger partial charge is 0.258 e. The molecule has 1 aliphatic rings. The van der Waals surface area contributed by atoms with Gasteiger partial charge in [-0.3, -0.25) is 10.1 Å². The summed E-state index contributed by atoms with van der Waals surface area (Å²) in [5, 5.41) is 13.1. The molecule has 0 radical (unpaired) electrons. The largest absolute Gasteiger partial charge is 0.289 e. The fraction of sp³-hybridized carbons (Fsp3) is 0.412. The monoisotopic (exact) mass is 380 g/mol. The minimum Gasteiger partial charge on any atom is -0.258 e. The van der Waals surface area contributed by atoms with Crippen molar-refractivity contribution in [3.05, 3.63) is 56.8 Å². The van der Waals surface area contributed by atoms with Gasteiger partial charge in [0, 0.05) is 22.9 Å². The molecule has 0 amide bonds. The first-order valence-electron chi connectivity index (χ1n) is 8.22. The Labute approximate surface area is 151 Å². The standard InChI is InChI=1S/C17H20N2O4S2/c20-19(21)14-7-2-3-8-15(14)25(22,23)18-13-17(10-4-1-5-11-17)16-9-6-12-24-16/h2-3,6-9,12,18H,1,4-5,10-11,13H2. The predicted molar refractivity (Wildman–Crippen MR) is 97.4 cm³/mol. The number of benzene rings is 1. The van der Waals surface area contributed by atoms with Crippen molar-refractivity contribution < 1.29 is 13.3 Å². The van der Waals surface area contributed by atoms with E-state index in [-0.39, 0.29) is 16.9 Å². The van der Waals surface area contributed by atoms with Crippen LogP contribution in [0.25, 0.3) is 0 Å². The Balaban J connectivity index is 1.87. The highest BCUT2D eigenvalue weighted by Crippen LogP contribution is 2.41. The number of para-hydroxylation sites is 1. The topological polar surface area (TPSA) is 89.3 Å². The van der Waals surface area contributed by atoms with Crippen LogP contribution in [0, 0.1) is 10.1 Å². The van der Waals surface area contributed by atoms with E-state index in [1.165, 1.54) is 29.1 Å². The van der Waals surface area contributed by atoms with Crippen LogP contribution in [0.1, 0.15) is 37.0 Å². The lowest BCUT2D eigenvalue weighted by molar-refractivity contribution is -0.387. The van der Waals surface area contributed by atoms with Gasteiger partial charge in [-0.2, -0.15) is 0 Å². The third kappa shape index (κ3) is 3.75. The molecule has 0 aliphatic heterocycles. The van der Waals surface area contributed by atoms with Crippen LogP contribution in [0.5, 0.6) is 0 Å². The molecule has 1 heterocycles. The molecule has 1 aromatic heterocycles. The van der Waals surface area contributed by atoms with Crippen molar-refractivity contribution in [2.45, 2.75) is 42.4 Å². The van der Waals surface area contributed by atoms with Gasteiger partial charge in [0.25, 0.3) is 5.69 Å². The van der Waals surface area contributed by atoms with E-state index in [4.69, 9.17) is 0 Å². The third-order valence-electron chi connectivity index (χ3n) is 4.81. The number of hydrogen-bond acceptors (Lipinski definition) is 5. The second kappa shape index (κ2) is 7.23. The fourth-order valence-corrected chi connectivity index (χ4v) is 5.75. The normalized spacial score (nSPS) is 17.3. The molecule has 6 nitrogen and oxygen atoms in total. The van der Waals surface area contributed by atoms with E-state index in [2.05, 4.69) is 10.8 Å². The summed E-state index contributed by atoms with van der Waals surface area (Å²) in [7, 11) is -3.95. The summed E-state index contributed by atoms with van der Waals surface area (Å²) in [6.07, 6.45) is 5.13. The van der Waals surface area contributed by atoms with Gasteiger partial charge in [0.1, 0.15) is 0 Å². The first-order chi connectivity index (χ1) is 11.9. The van der Waals surface area contributed by atoms with E-state index in [1.54, 1.807) is 11.3 Å². The van der Waals surface area contributed by atoms with E-state index in [1.807, 2.05) is 11.4 Å². The average Bonchev–Trinajstić information content (AvgIpc) is 3.16. The van der Waals surface area contributed by atoms with Gasteiger partial charge in [0.05, 0.1) is 4.92 Å². The minimum atomic E-state index is -3.95. The molecule has 8 heteroatoms. The van der Waals surface area contributed by atoms with Gasteiger partial charge in [0.2, 0.25) is 10.0 Å². The van der Waals surface area contributed by atoms with Crippen molar-refractivity contribution in [3.63, 3.8) is 0 Å². The van der Waals surface area contributed by atoms with Gasteiger partial charge in [-0.05, 0) is 30.4 Å². The molecular formula is C17H20N2O4S2. The maximum Gasteiger partial charge on any atom is 0.289 e. The zero-order chi connectivity index (χ0) is 17.9. The van der Waals surface area contributed by atoms with E-state index >= 15 is 0 Å². The lowest BCUT2D eigenvalue weighted by Gasteiger charge is -2.36. The molecule has 0 saturated heterocycles. The van der Waals surface area contributed by atoms with Gasteiger partial charge >= 0.3 is 0 Å². The lowest BCUT2D eigenvalue weighted by atomic mass is 9.73. The Morgan fingerprint density at radius 1 is 1.12 bits per heavy atom. The summed E-state index contributed by atoms with van der Waals surface area (Å²) in [5.41, 5.74) is -0.618. The number of sulfonamides is 1. The molecular weight excluding hydrogens is 360 g/mol. The highest BCUT2D eigenvalue weighted by molar-refractivity contribution is 7.89. The number of nitrogens with one attached hydrogen (secondary N) is 1. The maximum absolute atomic E-state index is 12.7. The minimum absolute atomic E-state index is 0.219. The number of nitrogens with zero attached hydrogens (tertiary/aromatic N) is 1. The Kier molecular flexibility index (Phi) is 5.21. The molecule has 1 N–H and O–H groups in total. The van der Waals surface area contributed by atoms with Crippen LogP contribution in [0.3, 0.4) is 0 Å². The van der Waals surface area contributed by atoms with Crippen LogP contribution >= 0.6 is 11.3 Å². The summed E-state index contributed by atoms with van der Waals surface area (Å²) in [5.74, 6) is 0. The molecule has 134 valence electrons. The molecule has 0 unspecified atom stereocenters. The summed E-state index contributed by atoms with van der Waals surface area (Å²) < 4.78 is 28.0. The molecule has 0 bridgehead atoms. The Hall–Kier alpha value is -1.77. The van der Waals surface area contributed by atoms with Crippen LogP contribution in [-0.4, -0.2) is 19.9 Å². The maximum atomic E-state index is 12.7. The fourth-order valence-electron chi connectivity index (χ4n) is 3.47. The van der Waals surface area contributed by atoms with Gasteiger partial charge in [-0.15, -0.1) is 11.3 Å². The van der Waals surface area contributed by atoms with Crippen molar-refractivity contribution in [1.29, 1.82) is 0 Å². The zero-order valence-electron chi connectivity index (χ0n) is 13.7. The van der Waals surface area contributed by atoms with E-state index in [0.29, 0.717) is 0 Å². The average molecular weight is 380 g/mol. The molecule has 1 aliphatic carbocycles. The van der Waals surface area contributed by atoms with Crippen LogP contribution < -0.4 is 4.72 Å². The van der Waals surface area contributed by atoms with Crippen LogP contribution in [0.4, 0.5) is 5.69 Å². The van der Waals surface area contributed by atoms with Crippen molar-refractivity contribution in [3.8, 4) is 0 Å². The van der Waals surface area contributed by atoms with Crippen LogP contribution in [0.2, 0.25) is 0 Å². The number of hydrogen-bond donors (Lipinski definition) is 1. The second-order valence-electron chi connectivity index (χ2n) is 6.37. The first-order valence-corrected chi connectivity index (χ1v) is 10.6. The van der Waals surface area contributed by atoms with Gasteiger partial charge in [-0.1, -0.05) is 37.5 Å². The van der Waals surface area contributed by atoms with Gasteiger partial charge in [0.15, 0.2) is 4.90 Å². The molecule has 2 aromatic rings. The second-order valence-corrected chi connectivity index (χ2v) is 9.05. The Morgan fingerprint density at radius 2 is 1.84 bits per heavy atom. The van der Waals surface area contributed by atoms with Crippen molar-refractivity contribution in [1.82, 2.24) is 4.72 Å². The van der Waals surface area contributed by atoms with E-state index in [0.717, 1.165) is 32.1 Å². The highest BCUT2D eigenvalue weighted by Gasteiger charge is 2.37. The Bertz CT molecular complexity index is 841. The molecule has 0 spiro atoms. The predicted octanol–water partition coefficient (Wildman–Crippen LogP) is 3.84. The van der Waals surface area contributed by atoms with Gasteiger partial charge in [-0.25, -0.2) is 13.1 Å². The Morgan fingerprint density at radius 3 is 2.48 bits per heavy atom. The summed E-state index contributed by atoms with van der Waals surface area (Å²) >= 11 is 1.64. The molecule has 3 rings (SSSR count). The molecule has 1 aromatic carbocycles. The molecule has 0 atom stereocenters. The quantitative estimate of drug-likeness (QED) is 0.609. The zero-order valence-corrected chi connectivity index (χ0v) is 15.3. The van der Waals surface area contributed by atoms with Crippen molar-refractivity contribution >= 4 is 27.0 Å². The summed E-state index contributed by atoms with van der Waals surface area (Å²) in [6, 6.07) is 9.48.